The van der Waals surface area contributed by atoms with Crippen molar-refractivity contribution in [3.63, 3.8) is 0 Å². The van der Waals surface area contributed by atoms with E-state index in [4.69, 9.17) is 6.57 Å². The maximum absolute atomic E-state index is 7.18. The lowest BCUT2D eigenvalue weighted by molar-refractivity contribution is 0.147. The summed E-state index contributed by atoms with van der Waals surface area (Å²) in [6.45, 7) is 14.2. The second-order valence-electron chi connectivity index (χ2n) is 5.26. The molecule has 0 aromatic heterocycles. The van der Waals surface area contributed by atoms with Gasteiger partial charge in [0.15, 0.2) is 0 Å². The molecule has 0 amide bonds. The van der Waals surface area contributed by atoms with Gasteiger partial charge in [-0.2, -0.15) is 0 Å². The number of fused-ring (bicyclic) bond motifs is 2. The van der Waals surface area contributed by atoms with Crippen molar-refractivity contribution in [3.8, 4) is 0 Å². The first-order chi connectivity index (χ1) is 5.52. The summed E-state index contributed by atoms with van der Waals surface area (Å²) in [5.74, 6) is 0.821. The molecule has 2 aliphatic carbocycles. The lowest BCUT2D eigenvalue weighted by Crippen LogP contribution is -2.33. The van der Waals surface area contributed by atoms with Gasteiger partial charge in [-0.05, 0) is 24.2 Å². The van der Waals surface area contributed by atoms with E-state index in [9.17, 15) is 0 Å². The Balaban J connectivity index is 2.41. The van der Waals surface area contributed by atoms with Gasteiger partial charge in [0.2, 0.25) is 6.04 Å². The highest BCUT2D eigenvalue weighted by Crippen LogP contribution is 2.66. The molecule has 0 spiro atoms. The summed E-state index contributed by atoms with van der Waals surface area (Å²) in [6, 6.07) is 0.311. The first-order valence-corrected chi connectivity index (χ1v) is 4.89. The normalized spacial score (nSPS) is 49.2. The highest BCUT2D eigenvalue weighted by molar-refractivity contribution is 5.16. The first-order valence-electron chi connectivity index (χ1n) is 4.89. The summed E-state index contributed by atoms with van der Waals surface area (Å²) in [7, 11) is 0. The van der Waals surface area contributed by atoms with Crippen molar-refractivity contribution >= 4 is 0 Å². The van der Waals surface area contributed by atoms with Gasteiger partial charge in [0.25, 0.3) is 0 Å². The van der Waals surface area contributed by atoms with Crippen LogP contribution in [-0.4, -0.2) is 6.04 Å². The minimum Gasteiger partial charge on any atom is -0.313 e. The quantitative estimate of drug-likeness (QED) is 0.483. The lowest BCUT2D eigenvalue weighted by atomic mass is 9.69. The van der Waals surface area contributed by atoms with Gasteiger partial charge in [-0.15, -0.1) is 0 Å². The van der Waals surface area contributed by atoms with Crippen molar-refractivity contribution in [1.82, 2.24) is 0 Å². The van der Waals surface area contributed by atoms with E-state index in [1.54, 1.807) is 0 Å². The Bertz CT molecular complexity index is 248. The zero-order valence-corrected chi connectivity index (χ0v) is 8.22. The Morgan fingerprint density at radius 2 is 2.00 bits per heavy atom. The predicted octanol–water partition coefficient (Wildman–Crippen LogP) is 3.12. The summed E-state index contributed by atoms with van der Waals surface area (Å²) in [5, 5.41) is 0. The van der Waals surface area contributed by atoms with E-state index in [1.165, 1.54) is 12.8 Å². The van der Waals surface area contributed by atoms with Crippen LogP contribution in [0.25, 0.3) is 4.85 Å². The predicted molar refractivity (Wildman–Crippen MR) is 49.6 cm³/mol. The van der Waals surface area contributed by atoms with Gasteiger partial charge in [0, 0.05) is 11.8 Å². The van der Waals surface area contributed by atoms with E-state index in [0.29, 0.717) is 16.9 Å². The van der Waals surface area contributed by atoms with Gasteiger partial charge in [0.05, 0.1) is 0 Å². The topological polar surface area (TPSA) is 4.36 Å². The summed E-state index contributed by atoms with van der Waals surface area (Å²) >= 11 is 0. The molecule has 2 fully saturated rings. The molecule has 2 aliphatic rings. The minimum atomic E-state index is 0.311. The molecule has 2 saturated carbocycles. The fraction of sp³-hybridized carbons (Fsp3) is 0.909. The van der Waals surface area contributed by atoms with Gasteiger partial charge < -0.3 is 4.85 Å². The molecule has 3 atom stereocenters. The van der Waals surface area contributed by atoms with Gasteiger partial charge in [-0.25, -0.2) is 6.57 Å². The number of hydrogen-bond acceptors (Lipinski definition) is 0. The molecule has 12 heavy (non-hydrogen) atoms. The van der Waals surface area contributed by atoms with Crippen molar-refractivity contribution in [3.05, 3.63) is 11.4 Å². The van der Waals surface area contributed by atoms with Crippen LogP contribution in [0.1, 0.15) is 40.0 Å². The summed E-state index contributed by atoms with van der Waals surface area (Å²) < 4.78 is 0. The smallest absolute Gasteiger partial charge is 0.229 e. The highest BCUT2D eigenvalue weighted by Gasteiger charge is 2.65. The second kappa shape index (κ2) is 2.05. The zero-order chi connectivity index (χ0) is 8.98. The van der Waals surface area contributed by atoms with E-state index >= 15 is 0 Å². The molecule has 2 rings (SSSR count). The van der Waals surface area contributed by atoms with E-state index in [-0.39, 0.29) is 0 Å². The Kier molecular flexibility index (Phi) is 1.38. The number of rotatable bonds is 0. The van der Waals surface area contributed by atoms with Crippen LogP contribution in [0.2, 0.25) is 0 Å². The molecule has 66 valence electrons. The van der Waals surface area contributed by atoms with Crippen LogP contribution in [0.4, 0.5) is 0 Å². The van der Waals surface area contributed by atoms with Crippen LogP contribution in [0.15, 0.2) is 0 Å². The third-order valence-electron chi connectivity index (χ3n) is 4.90. The van der Waals surface area contributed by atoms with E-state index in [2.05, 4.69) is 25.6 Å². The van der Waals surface area contributed by atoms with E-state index < -0.39 is 0 Å². The Labute approximate surface area is 75.0 Å². The molecule has 0 N–H and O–H groups in total. The van der Waals surface area contributed by atoms with Crippen LogP contribution < -0.4 is 0 Å². The third kappa shape index (κ3) is 0.648. The van der Waals surface area contributed by atoms with Gasteiger partial charge >= 0.3 is 0 Å². The average molecular weight is 163 g/mol. The van der Waals surface area contributed by atoms with Crippen molar-refractivity contribution in [1.29, 1.82) is 0 Å². The standard InChI is InChI=1S/C11H17N/c1-10(2)8-5-6-11(10,3)9(7-8)12-4/h8-9H,5-7H2,1-3H3/t8-,9+,11-/m1/s1. The van der Waals surface area contributed by atoms with Crippen molar-refractivity contribution in [2.45, 2.75) is 46.1 Å². The second-order valence-corrected chi connectivity index (χ2v) is 5.26. The molecule has 0 radical (unpaired) electrons. The summed E-state index contributed by atoms with van der Waals surface area (Å²) in [4.78, 5) is 3.79. The molecule has 0 heterocycles. The molecule has 0 unspecified atom stereocenters. The van der Waals surface area contributed by atoms with Gasteiger partial charge in [0.1, 0.15) is 0 Å². The maximum atomic E-state index is 7.18. The Hall–Kier alpha value is -0.510. The van der Waals surface area contributed by atoms with Gasteiger partial charge in [-0.3, -0.25) is 0 Å². The van der Waals surface area contributed by atoms with Crippen LogP contribution in [0.5, 0.6) is 0 Å². The molecule has 0 aromatic rings. The van der Waals surface area contributed by atoms with Crippen LogP contribution in [-0.2, 0) is 0 Å². The highest BCUT2D eigenvalue weighted by atomic mass is 14.8. The average Bonchev–Trinajstić information content (AvgIpc) is 2.34. The van der Waals surface area contributed by atoms with E-state index in [0.717, 1.165) is 12.3 Å². The molecule has 1 nitrogen and oxygen atoms in total. The van der Waals surface area contributed by atoms with Crippen LogP contribution in [0, 0.1) is 23.3 Å². The summed E-state index contributed by atoms with van der Waals surface area (Å²) in [5.41, 5.74) is 0.738. The SMILES string of the molecule is [C-]#[N+][C@H]1C[C@H]2CC[C@@]1(C)C2(C)C. The monoisotopic (exact) mass is 163 g/mol. The Morgan fingerprint density at radius 1 is 1.33 bits per heavy atom. The van der Waals surface area contributed by atoms with E-state index in [1.807, 2.05) is 0 Å². The molecule has 0 saturated heterocycles. The van der Waals surface area contributed by atoms with Crippen molar-refractivity contribution in [2.24, 2.45) is 16.7 Å². The number of hydrogen-bond donors (Lipinski definition) is 0. The third-order valence-corrected chi connectivity index (χ3v) is 4.90. The van der Waals surface area contributed by atoms with Crippen molar-refractivity contribution < 1.29 is 0 Å². The number of nitrogens with zero attached hydrogens (tertiary/aromatic N) is 1. The molecule has 1 heteroatoms. The molecular formula is C11H17N. The fourth-order valence-electron chi connectivity index (χ4n) is 3.36. The lowest BCUT2D eigenvalue weighted by Gasteiger charge is -2.33. The largest absolute Gasteiger partial charge is 0.313 e. The molecular weight excluding hydrogens is 146 g/mol. The van der Waals surface area contributed by atoms with Gasteiger partial charge in [-0.1, -0.05) is 20.8 Å². The molecule has 0 aliphatic heterocycles. The molecule has 0 aromatic carbocycles. The van der Waals surface area contributed by atoms with Crippen LogP contribution in [0.3, 0.4) is 0 Å². The maximum Gasteiger partial charge on any atom is 0.229 e. The minimum absolute atomic E-state index is 0.311. The molecule has 2 bridgehead atoms. The summed E-state index contributed by atoms with van der Waals surface area (Å²) in [6.07, 6.45) is 3.79. The Morgan fingerprint density at radius 3 is 2.25 bits per heavy atom. The van der Waals surface area contributed by atoms with Crippen molar-refractivity contribution in [2.75, 3.05) is 0 Å². The van der Waals surface area contributed by atoms with Crippen LogP contribution >= 0.6 is 0 Å². The zero-order valence-electron chi connectivity index (χ0n) is 8.22. The fourth-order valence-corrected chi connectivity index (χ4v) is 3.36. The first kappa shape index (κ1) is 8.10.